The van der Waals surface area contributed by atoms with E-state index >= 15 is 0 Å². The van der Waals surface area contributed by atoms with Gasteiger partial charge in [-0.3, -0.25) is 14.4 Å². The van der Waals surface area contributed by atoms with Crippen molar-refractivity contribution in [3.05, 3.63) is 24.2 Å². The highest BCUT2D eigenvalue weighted by atomic mass is 16.5. The Bertz CT molecular complexity index is 626. The number of carbonyl (C=O) groups is 3. The van der Waals surface area contributed by atoms with Gasteiger partial charge in [0.25, 0.3) is 5.91 Å². The molecule has 0 unspecified atom stereocenters. The van der Waals surface area contributed by atoms with Crippen molar-refractivity contribution in [3.8, 4) is 0 Å². The van der Waals surface area contributed by atoms with Crippen LogP contribution in [-0.2, 0) is 14.3 Å². The molecule has 1 aromatic rings. The van der Waals surface area contributed by atoms with E-state index in [9.17, 15) is 14.4 Å². The first-order chi connectivity index (χ1) is 12.6. The second kappa shape index (κ2) is 8.38. The van der Waals surface area contributed by atoms with Gasteiger partial charge in [-0.1, -0.05) is 0 Å². The lowest BCUT2D eigenvalue weighted by Crippen LogP contribution is -2.47. The molecule has 0 aliphatic carbocycles. The summed E-state index contributed by atoms with van der Waals surface area (Å²) in [5, 5.41) is 0. The van der Waals surface area contributed by atoms with E-state index < -0.39 is 0 Å². The molecular weight excluding hydrogens is 336 g/mol. The molecule has 2 aliphatic heterocycles. The Kier molecular flexibility index (Phi) is 5.96. The van der Waals surface area contributed by atoms with Gasteiger partial charge < -0.3 is 19.0 Å². The molecule has 2 amide bonds. The van der Waals surface area contributed by atoms with Crippen molar-refractivity contribution in [1.82, 2.24) is 9.80 Å². The summed E-state index contributed by atoms with van der Waals surface area (Å²) in [5.74, 6) is 0.0928. The standard InChI is InChI=1S/C19H26N2O5/c1-2-25-19(24)15-7-11-20(12-8-15)17(22)14-5-9-21(10-6-14)18(23)16-4-3-13-26-16/h3-4,13-15H,2,5-12H2,1H3. The molecule has 0 bridgehead atoms. The van der Waals surface area contributed by atoms with Crippen molar-refractivity contribution in [2.45, 2.75) is 32.6 Å². The van der Waals surface area contributed by atoms with Crippen LogP contribution in [0.5, 0.6) is 0 Å². The fourth-order valence-electron chi connectivity index (χ4n) is 3.74. The van der Waals surface area contributed by atoms with E-state index in [1.165, 1.54) is 6.26 Å². The van der Waals surface area contributed by atoms with E-state index in [2.05, 4.69) is 0 Å². The summed E-state index contributed by atoms with van der Waals surface area (Å²) in [6.45, 7) is 4.54. The quantitative estimate of drug-likeness (QED) is 0.765. The predicted molar refractivity (Wildman–Crippen MR) is 93.3 cm³/mol. The summed E-state index contributed by atoms with van der Waals surface area (Å²) in [5.41, 5.74) is 0. The Balaban J connectivity index is 1.46. The zero-order chi connectivity index (χ0) is 18.5. The molecule has 0 aromatic carbocycles. The Morgan fingerprint density at radius 3 is 2.23 bits per heavy atom. The minimum Gasteiger partial charge on any atom is -0.466 e. The second-order valence-corrected chi connectivity index (χ2v) is 6.90. The van der Waals surface area contributed by atoms with Crippen LogP contribution in [-0.4, -0.2) is 60.4 Å². The molecule has 0 saturated carbocycles. The third-order valence-corrected chi connectivity index (χ3v) is 5.29. The van der Waals surface area contributed by atoms with Crippen molar-refractivity contribution >= 4 is 17.8 Å². The molecule has 0 radical (unpaired) electrons. The van der Waals surface area contributed by atoms with Crippen LogP contribution >= 0.6 is 0 Å². The van der Waals surface area contributed by atoms with Crippen LogP contribution < -0.4 is 0 Å². The number of esters is 1. The SMILES string of the molecule is CCOC(=O)C1CCN(C(=O)C2CCN(C(=O)c3ccco3)CC2)CC1. The number of amides is 2. The normalized spacial score (nSPS) is 19.4. The monoisotopic (exact) mass is 362 g/mol. The van der Waals surface area contributed by atoms with Crippen LogP contribution in [0.4, 0.5) is 0 Å². The zero-order valence-electron chi connectivity index (χ0n) is 15.2. The fraction of sp³-hybridized carbons (Fsp3) is 0.632. The molecular formula is C19H26N2O5. The van der Waals surface area contributed by atoms with Crippen LogP contribution in [0.1, 0.15) is 43.2 Å². The molecule has 2 fully saturated rings. The molecule has 7 heteroatoms. The van der Waals surface area contributed by atoms with E-state index in [0.717, 1.165) is 0 Å². The second-order valence-electron chi connectivity index (χ2n) is 6.90. The highest BCUT2D eigenvalue weighted by Gasteiger charge is 2.34. The Morgan fingerprint density at radius 1 is 1.04 bits per heavy atom. The van der Waals surface area contributed by atoms with Gasteiger partial charge in [-0.15, -0.1) is 0 Å². The molecule has 0 spiro atoms. The number of carbonyl (C=O) groups excluding carboxylic acids is 3. The van der Waals surface area contributed by atoms with Gasteiger partial charge in [-0.2, -0.15) is 0 Å². The first-order valence-electron chi connectivity index (χ1n) is 9.38. The lowest BCUT2D eigenvalue weighted by molar-refractivity contribution is -0.152. The number of rotatable bonds is 4. The van der Waals surface area contributed by atoms with Crippen LogP contribution in [0.2, 0.25) is 0 Å². The number of likely N-dealkylation sites (tertiary alicyclic amines) is 2. The van der Waals surface area contributed by atoms with E-state index in [-0.39, 0.29) is 29.6 Å². The van der Waals surface area contributed by atoms with Gasteiger partial charge in [0.15, 0.2) is 5.76 Å². The largest absolute Gasteiger partial charge is 0.466 e. The number of furan rings is 1. The Hall–Kier alpha value is -2.31. The topological polar surface area (TPSA) is 80.1 Å². The number of piperidine rings is 2. The predicted octanol–water partition coefficient (Wildman–Crippen LogP) is 1.93. The smallest absolute Gasteiger partial charge is 0.309 e. The molecule has 3 heterocycles. The minimum atomic E-state index is -0.149. The van der Waals surface area contributed by atoms with Crippen molar-refractivity contribution in [3.63, 3.8) is 0 Å². The summed E-state index contributed by atoms with van der Waals surface area (Å²) in [6, 6.07) is 3.36. The van der Waals surface area contributed by atoms with Gasteiger partial charge in [0.05, 0.1) is 18.8 Å². The first-order valence-corrected chi connectivity index (χ1v) is 9.38. The van der Waals surface area contributed by atoms with Crippen molar-refractivity contribution < 1.29 is 23.5 Å². The maximum atomic E-state index is 12.7. The average molecular weight is 362 g/mol. The van der Waals surface area contributed by atoms with Gasteiger partial charge in [0.2, 0.25) is 5.91 Å². The Morgan fingerprint density at radius 2 is 1.65 bits per heavy atom. The Labute approximate surface area is 153 Å². The summed E-state index contributed by atoms with van der Waals surface area (Å²) >= 11 is 0. The molecule has 3 rings (SSSR count). The van der Waals surface area contributed by atoms with Gasteiger partial charge in [-0.25, -0.2) is 0 Å². The van der Waals surface area contributed by atoms with Gasteiger partial charge in [-0.05, 0) is 44.7 Å². The number of hydrogen-bond donors (Lipinski definition) is 0. The molecule has 2 aliphatic rings. The first kappa shape index (κ1) is 18.5. The minimum absolute atomic E-state index is 0.0465. The highest BCUT2D eigenvalue weighted by molar-refractivity contribution is 5.91. The zero-order valence-corrected chi connectivity index (χ0v) is 15.2. The molecule has 0 N–H and O–H groups in total. The molecule has 0 atom stereocenters. The summed E-state index contributed by atoms with van der Waals surface area (Å²) in [7, 11) is 0. The van der Waals surface area contributed by atoms with Gasteiger partial charge in [0, 0.05) is 32.1 Å². The van der Waals surface area contributed by atoms with E-state index in [1.54, 1.807) is 24.0 Å². The van der Waals surface area contributed by atoms with Crippen molar-refractivity contribution in [2.75, 3.05) is 32.8 Å². The van der Waals surface area contributed by atoms with Gasteiger partial charge >= 0.3 is 5.97 Å². The molecule has 2 saturated heterocycles. The van der Waals surface area contributed by atoms with Crippen LogP contribution in [0.3, 0.4) is 0 Å². The molecule has 142 valence electrons. The summed E-state index contributed by atoms with van der Waals surface area (Å²) < 4.78 is 10.2. The van der Waals surface area contributed by atoms with E-state index in [1.807, 2.05) is 4.90 Å². The third-order valence-electron chi connectivity index (χ3n) is 5.29. The summed E-state index contributed by atoms with van der Waals surface area (Å²) in [4.78, 5) is 40.4. The third kappa shape index (κ3) is 4.08. The fourth-order valence-corrected chi connectivity index (χ4v) is 3.74. The van der Waals surface area contributed by atoms with Crippen LogP contribution in [0.15, 0.2) is 22.8 Å². The molecule has 1 aromatic heterocycles. The molecule has 7 nitrogen and oxygen atoms in total. The maximum absolute atomic E-state index is 12.7. The van der Waals surface area contributed by atoms with Crippen LogP contribution in [0, 0.1) is 11.8 Å². The van der Waals surface area contributed by atoms with E-state index in [4.69, 9.17) is 9.15 Å². The number of ether oxygens (including phenoxy) is 1. The lowest BCUT2D eigenvalue weighted by atomic mass is 9.92. The maximum Gasteiger partial charge on any atom is 0.309 e. The summed E-state index contributed by atoms with van der Waals surface area (Å²) in [6.07, 6.45) is 4.16. The molecule has 26 heavy (non-hydrogen) atoms. The number of nitrogens with zero attached hydrogens (tertiary/aromatic N) is 2. The number of hydrogen-bond acceptors (Lipinski definition) is 5. The lowest BCUT2D eigenvalue weighted by Gasteiger charge is -2.36. The van der Waals surface area contributed by atoms with E-state index in [0.29, 0.717) is 64.2 Å². The van der Waals surface area contributed by atoms with Crippen molar-refractivity contribution in [2.24, 2.45) is 11.8 Å². The average Bonchev–Trinajstić information content (AvgIpc) is 3.22. The van der Waals surface area contributed by atoms with Gasteiger partial charge in [0.1, 0.15) is 0 Å². The highest BCUT2D eigenvalue weighted by Crippen LogP contribution is 2.25. The van der Waals surface area contributed by atoms with Crippen molar-refractivity contribution in [1.29, 1.82) is 0 Å². The van der Waals surface area contributed by atoms with Crippen LogP contribution in [0.25, 0.3) is 0 Å².